The van der Waals surface area contributed by atoms with E-state index < -0.39 is 6.36 Å². The number of hydrogen-bond acceptors (Lipinski definition) is 5. The van der Waals surface area contributed by atoms with E-state index in [-0.39, 0.29) is 5.75 Å². The van der Waals surface area contributed by atoms with Gasteiger partial charge in [0.15, 0.2) is 0 Å². The number of ether oxygens (including phenoxy) is 1. The predicted molar refractivity (Wildman–Crippen MR) is 99.0 cm³/mol. The minimum absolute atomic E-state index is 0.264. The van der Waals surface area contributed by atoms with E-state index in [1.165, 1.54) is 24.3 Å². The van der Waals surface area contributed by atoms with Crippen molar-refractivity contribution in [1.29, 1.82) is 0 Å². The summed E-state index contributed by atoms with van der Waals surface area (Å²) in [5.41, 5.74) is 2.14. The number of benzene rings is 1. The fourth-order valence-corrected chi connectivity index (χ4v) is 3.05. The zero-order valence-corrected chi connectivity index (χ0v) is 14.8. The fourth-order valence-electron chi connectivity index (χ4n) is 3.05. The highest BCUT2D eigenvalue weighted by molar-refractivity contribution is 5.65. The Bertz CT molecular complexity index is 916. The minimum Gasteiger partial charge on any atom is -0.406 e. The number of imidazole rings is 1. The number of H-pyrrole nitrogens is 1. The van der Waals surface area contributed by atoms with Crippen molar-refractivity contribution in [2.24, 2.45) is 0 Å². The molecule has 3 aromatic rings. The van der Waals surface area contributed by atoms with Gasteiger partial charge in [-0.1, -0.05) is 0 Å². The SMILES string of the molecule is FC(F)(F)Oc1ccc(-c2c[nH]c(-c3ccc(N4CCNCC4)nc3)n2)cc1. The summed E-state index contributed by atoms with van der Waals surface area (Å²) in [6.07, 6.45) is -1.23. The van der Waals surface area contributed by atoms with Crippen molar-refractivity contribution in [3.05, 3.63) is 48.8 Å². The minimum atomic E-state index is -4.70. The maximum atomic E-state index is 12.3. The third-order valence-corrected chi connectivity index (χ3v) is 4.42. The van der Waals surface area contributed by atoms with Gasteiger partial charge in [0.25, 0.3) is 0 Å². The molecule has 0 aliphatic carbocycles. The molecule has 2 N–H and O–H groups in total. The number of alkyl halides is 3. The molecule has 0 amide bonds. The highest BCUT2D eigenvalue weighted by Crippen LogP contribution is 2.27. The third-order valence-electron chi connectivity index (χ3n) is 4.42. The Hall–Kier alpha value is -3.07. The van der Waals surface area contributed by atoms with Crippen molar-refractivity contribution in [2.75, 3.05) is 31.1 Å². The molecule has 4 rings (SSSR count). The van der Waals surface area contributed by atoms with Crippen molar-refractivity contribution in [3.63, 3.8) is 0 Å². The summed E-state index contributed by atoms with van der Waals surface area (Å²) < 4.78 is 40.6. The molecule has 1 aromatic carbocycles. The maximum absolute atomic E-state index is 12.3. The molecular formula is C19H18F3N5O. The summed E-state index contributed by atoms with van der Waals surface area (Å²) in [5, 5.41) is 3.31. The Morgan fingerprint density at radius 1 is 0.964 bits per heavy atom. The van der Waals surface area contributed by atoms with Crippen LogP contribution >= 0.6 is 0 Å². The largest absolute Gasteiger partial charge is 0.573 e. The molecule has 1 saturated heterocycles. The highest BCUT2D eigenvalue weighted by atomic mass is 19.4. The topological polar surface area (TPSA) is 66.1 Å². The lowest BCUT2D eigenvalue weighted by Crippen LogP contribution is -2.43. The van der Waals surface area contributed by atoms with Crippen LogP contribution in [0.5, 0.6) is 5.75 Å². The summed E-state index contributed by atoms with van der Waals surface area (Å²) in [6.45, 7) is 3.73. The van der Waals surface area contributed by atoms with Crippen LogP contribution in [0.4, 0.5) is 19.0 Å². The normalized spacial score (nSPS) is 14.9. The summed E-state index contributed by atoms with van der Waals surface area (Å²) in [5.74, 6) is 1.31. The first kappa shape index (κ1) is 18.3. The number of pyridine rings is 1. The maximum Gasteiger partial charge on any atom is 0.573 e. The summed E-state index contributed by atoms with van der Waals surface area (Å²) in [6, 6.07) is 9.51. The van der Waals surface area contributed by atoms with Crippen LogP contribution in [0.25, 0.3) is 22.6 Å². The standard InChI is InChI=1S/C19H18F3N5O/c20-19(21,22)28-15-4-1-13(2-5-15)16-12-25-18(26-16)14-3-6-17(24-11-14)27-9-7-23-8-10-27/h1-6,11-12,23H,7-10H2,(H,25,26). The van der Waals surface area contributed by atoms with Crippen LogP contribution in [0.2, 0.25) is 0 Å². The zero-order valence-electron chi connectivity index (χ0n) is 14.8. The second-order valence-corrected chi connectivity index (χ2v) is 6.35. The average molecular weight is 389 g/mol. The van der Waals surface area contributed by atoms with Crippen molar-refractivity contribution in [1.82, 2.24) is 20.3 Å². The number of aromatic nitrogens is 3. The molecule has 0 bridgehead atoms. The lowest BCUT2D eigenvalue weighted by atomic mass is 10.1. The van der Waals surface area contributed by atoms with Crippen LogP contribution in [0.3, 0.4) is 0 Å². The van der Waals surface area contributed by atoms with Gasteiger partial charge in [-0.2, -0.15) is 0 Å². The van der Waals surface area contributed by atoms with Gasteiger partial charge in [-0.05, 0) is 36.4 Å². The van der Waals surface area contributed by atoms with E-state index in [0.29, 0.717) is 17.1 Å². The Morgan fingerprint density at radius 2 is 1.68 bits per heavy atom. The summed E-state index contributed by atoms with van der Waals surface area (Å²) in [7, 11) is 0. The Labute approximate surface area is 159 Å². The number of hydrogen-bond donors (Lipinski definition) is 2. The quantitative estimate of drug-likeness (QED) is 0.716. The molecular weight excluding hydrogens is 371 g/mol. The number of rotatable bonds is 4. The van der Waals surface area contributed by atoms with E-state index in [9.17, 15) is 13.2 Å². The van der Waals surface area contributed by atoms with E-state index >= 15 is 0 Å². The molecule has 0 spiro atoms. The van der Waals surface area contributed by atoms with Crippen LogP contribution in [-0.4, -0.2) is 47.5 Å². The molecule has 146 valence electrons. The molecule has 0 atom stereocenters. The average Bonchev–Trinajstić information content (AvgIpc) is 3.18. The number of aromatic amines is 1. The first-order valence-electron chi connectivity index (χ1n) is 8.82. The van der Waals surface area contributed by atoms with Crippen molar-refractivity contribution in [3.8, 4) is 28.4 Å². The van der Waals surface area contributed by atoms with Gasteiger partial charge in [-0.3, -0.25) is 0 Å². The lowest BCUT2D eigenvalue weighted by Gasteiger charge is -2.28. The van der Waals surface area contributed by atoms with Crippen LogP contribution in [0.15, 0.2) is 48.8 Å². The number of anilines is 1. The molecule has 0 unspecified atom stereocenters. The van der Waals surface area contributed by atoms with Gasteiger partial charge in [0.05, 0.1) is 5.69 Å². The molecule has 1 fully saturated rings. The van der Waals surface area contributed by atoms with Gasteiger partial charge in [0.2, 0.25) is 0 Å². The van der Waals surface area contributed by atoms with E-state index in [2.05, 4.69) is 29.9 Å². The zero-order chi connectivity index (χ0) is 19.6. The molecule has 9 heteroatoms. The van der Waals surface area contributed by atoms with Crippen molar-refractivity contribution >= 4 is 5.82 Å². The predicted octanol–water partition coefficient (Wildman–Crippen LogP) is 3.45. The van der Waals surface area contributed by atoms with Gasteiger partial charge < -0.3 is 19.9 Å². The molecule has 1 aliphatic heterocycles. The Balaban J connectivity index is 1.48. The molecule has 1 aliphatic rings. The number of nitrogens with one attached hydrogen (secondary N) is 2. The molecule has 3 heterocycles. The van der Waals surface area contributed by atoms with Gasteiger partial charge in [0, 0.05) is 49.7 Å². The van der Waals surface area contributed by atoms with Gasteiger partial charge >= 0.3 is 6.36 Å². The van der Waals surface area contributed by atoms with Crippen LogP contribution in [0.1, 0.15) is 0 Å². The number of piperazine rings is 1. The van der Waals surface area contributed by atoms with E-state index in [4.69, 9.17) is 0 Å². The number of nitrogens with zero attached hydrogens (tertiary/aromatic N) is 3. The van der Waals surface area contributed by atoms with Gasteiger partial charge in [0.1, 0.15) is 17.4 Å². The molecule has 6 nitrogen and oxygen atoms in total. The lowest BCUT2D eigenvalue weighted by molar-refractivity contribution is -0.274. The summed E-state index contributed by atoms with van der Waals surface area (Å²) in [4.78, 5) is 14.3. The Morgan fingerprint density at radius 3 is 2.32 bits per heavy atom. The smallest absolute Gasteiger partial charge is 0.406 e. The summed E-state index contributed by atoms with van der Waals surface area (Å²) >= 11 is 0. The van der Waals surface area contributed by atoms with Crippen LogP contribution < -0.4 is 15.0 Å². The van der Waals surface area contributed by atoms with Crippen LogP contribution in [0, 0.1) is 0 Å². The van der Waals surface area contributed by atoms with Gasteiger partial charge in [-0.15, -0.1) is 13.2 Å². The highest BCUT2D eigenvalue weighted by Gasteiger charge is 2.31. The van der Waals surface area contributed by atoms with E-state index in [1.807, 2.05) is 12.1 Å². The second-order valence-electron chi connectivity index (χ2n) is 6.35. The molecule has 0 radical (unpaired) electrons. The monoisotopic (exact) mass is 389 g/mol. The third kappa shape index (κ3) is 4.25. The fraction of sp³-hybridized carbons (Fsp3) is 0.263. The van der Waals surface area contributed by atoms with E-state index in [1.54, 1.807) is 12.4 Å². The Kier molecular flexibility index (Phi) is 4.91. The molecule has 0 saturated carbocycles. The van der Waals surface area contributed by atoms with E-state index in [0.717, 1.165) is 37.6 Å². The van der Waals surface area contributed by atoms with Crippen molar-refractivity contribution < 1.29 is 17.9 Å². The molecule has 28 heavy (non-hydrogen) atoms. The first-order valence-corrected chi connectivity index (χ1v) is 8.82. The van der Waals surface area contributed by atoms with Gasteiger partial charge in [-0.25, -0.2) is 9.97 Å². The molecule has 2 aromatic heterocycles. The van der Waals surface area contributed by atoms with Crippen molar-refractivity contribution in [2.45, 2.75) is 6.36 Å². The van der Waals surface area contributed by atoms with Crippen LogP contribution in [-0.2, 0) is 0 Å². The first-order chi connectivity index (χ1) is 13.5. The number of halogens is 3. The second kappa shape index (κ2) is 7.51.